The zero-order chi connectivity index (χ0) is 13.1. The summed E-state index contributed by atoms with van der Waals surface area (Å²) in [7, 11) is 1.60. The summed E-state index contributed by atoms with van der Waals surface area (Å²) in [5.74, 6) is 0.566. The Kier molecular flexibility index (Phi) is 3.50. The van der Waals surface area contributed by atoms with Gasteiger partial charge in [0.1, 0.15) is 11.8 Å². The first-order valence-electron chi connectivity index (χ1n) is 5.82. The van der Waals surface area contributed by atoms with Crippen LogP contribution in [0, 0.1) is 0 Å². The number of carbonyl (C=O) groups excluding carboxylic acids is 2. The second-order valence-corrected chi connectivity index (χ2v) is 4.27. The van der Waals surface area contributed by atoms with E-state index in [0.717, 1.165) is 11.3 Å². The summed E-state index contributed by atoms with van der Waals surface area (Å²) in [4.78, 5) is 24.9. The monoisotopic (exact) mass is 248 g/mol. The number of rotatable bonds is 3. The quantitative estimate of drug-likeness (QED) is 0.849. The number of ether oxygens (including phenoxy) is 1. The average molecular weight is 248 g/mol. The fraction of sp³-hybridized carbons (Fsp3) is 0.385. The molecule has 18 heavy (non-hydrogen) atoms. The van der Waals surface area contributed by atoms with Crippen LogP contribution in [0.5, 0.6) is 5.75 Å². The van der Waals surface area contributed by atoms with Crippen molar-refractivity contribution in [1.82, 2.24) is 10.2 Å². The van der Waals surface area contributed by atoms with E-state index in [4.69, 9.17) is 4.74 Å². The molecule has 1 aliphatic heterocycles. The van der Waals surface area contributed by atoms with Crippen LogP contribution in [0.4, 0.5) is 0 Å². The maximum atomic E-state index is 11.8. The van der Waals surface area contributed by atoms with Crippen LogP contribution >= 0.6 is 0 Å². The normalized spacial score (nSPS) is 19.7. The molecule has 1 unspecified atom stereocenters. The van der Waals surface area contributed by atoms with Gasteiger partial charge in [0.15, 0.2) is 0 Å². The highest BCUT2D eigenvalue weighted by molar-refractivity contribution is 5.94. The van der Waals surface area contributed by atoms with E-state index in [1.807, 2.05) is 24.3 Å². The van der Waals surface area contributed by atoms with E-state index in [-0.39, 0.29) is 18.4 Å². The van der Waals surface area contributed by atoms with Gasteiger partial charge in [0.25, 0.3) is 0 Å². The van der Waals surface area contributed by atoms with Crippen molar-refractivity contribution in [2.24, 2.45) is 0 Å². The minimum Gasteiger partial charge on any atom is -0.497 e. The van der Waals surface area contributed by atoms with Gasteiger partial charge >= 0.3 is 0 Å². The van der Waals surface area contributed by atoms with E-state index in [0.29, 0.717) is 6.54 Å². The molecule has 1 aromatic rings. The van der Waals surface area contributed by atoms with Crippen LogP contribution in [0.15, 0.2) is 24.3 Å². The molecule has 0 spiro atoms. The van der Waals surface area contributed by atoms with Gasteiger partial charge in [-0.15, -0.1) is 0 Å². The summed E-state index contributed by atoms with van der Waals surface area (Å²) in [5, 5.41) is 2.57. The second kappa shape index (κ2) is 5.08. The van der Waals surface area contributed by atoms with E-state index in [9.17, 15) is 9.59 Å². The van der Waals surface area contributed by atoms with Gasteiger partial charge in [-0.3, -0.25) is 9.59 Å². The zero-order valence-electron chi connectivity index (χ0n) is 10.5. The standard InChI is InChI=1S/C13H16N2O3/c1-9-13(17)14-7-12(16)15(9)8-10-4-3-5-11(6-10)18-2/h3-6,9H,7-8H2,1-2H3,(H,14,17). The molecule has 1 fully saturated rings. The van der Waals surface area contributed by atoms with E-state index < -0.39 is 6.04 Å². The SMILES string of the molecule is COc1cccc(CN2C(=O)CNC(=O)C2C)c1. The summed E-state index contributed by atoms with van der Waals surface area (Å²) in [6.45, 7) is 2.23. The fourth-order valence-corrected chi connectivity index (χ4v) is 1.96. The molecule has 96 valence electrons. The highest BCUT2D eigenvalue weighted by Crippen LogP contribution is 2.16. The zero-order valence-corrected chi connectivity index (χ0v) is 10.5. The number of nitrogens with one attached hydrogen (secondary N) is 1. The van der Waals surface area contributed by atoms with Crippen molar-refractivity contribution in [2.75, 3.05) is 13.7 Å². The first kappa shape index (κ1) is 12.4. The number of benzene rings is 1. The van der Waals surface area contributed by atoms with Crippen LogP contribution in [-0.4, -0.2) is 36.4 Å². The predicted molar refractivity (Wildman–Crippen MR) is 66.0 cm³/mol. The van der Waals surface area contributed by atoms with Crippen molar-refractivity contribution in [1.29, 1.82) is 0 Å². The minimum absolute atomic E-state index is 0.0649. The van der Waals surface area contributed by atoms with Gasteiger partial charge in [0, 0.05) is 6.54 Å². The Morgan fingerprint density at radius 1 is 1.44 bits per heavy atom. The molecule has 1 aliphatic rings. The summed E-state index contributed by atoms with van der Waals surface area (Å²) in [5.41, 5.74) is 0.948. The summed E-state index contributed by atoms with van der Waals surface area (Å²) in [6.07, 6.45) is 0. The average Bonchev–Trinajstić information content (AvgIpc) is 2.39. The summed E-state index contributed by atoms with van der Waals surface area (Å²) >= 11 is 0. The molecule has 0 radical (unpaired) electrons. The molecule has 5 heteroatoms. The minimum atomic E-state index is -0.433. The summed E-state index contributed by atoms with van der Waals surface area (Å²) < 4.78 is 5.14. The van der Waals surface area contributed by atoms with Crippen molar-refractivity contribution < 1.29 is 14.3 Å². The van der Waals surface area contributed by atoms with Crippen molar-refractivity contribution in [2.45, 2.75) is 19.5 Å². The van der Waals surface area contributed by atoms with Crippen molar-refractivity contribution in [3.05, 3.63) is 29.8 Å². The molecular weight excluding hydrogens is 232 g/mol. The van der Waals surface area contributed by atoms with Crippen LogP contribution in [0.2, 0.25) is 0 Å². The van der Waals surface area contributed by atoms with Gasteiger partial charge in [0.2, 0.25) is 11.8 Å². The van der Waals surface area contributed by atoms with Gasteiger partial charge in [-0.1, -0.05) is 12.1 Å². The van der Waals surface area contributed by atoms with E-state index in [1.54, 1.807) is 18.9 Å². The first-order valence-corrected chi connectivity index (χ1v) is 5.82. The molecule has 1 N–H and O–H groups in total. The maximum absolute atomic E-state index is 11.8. The van der Waals surface area contributed by atoms with E-state index >= 15 is 0 Å². The lowest BCUT2D eigenvalue weighted by Gasteiger charge is -2.32. The van der Waals surface area contributed by atoms with Crippen LogP contribution in [0.25, 0.3) is 0 Å². The summed E-state index contributed by atoms with van der Waals surface area (Å²) in [6, 6.07) is 7.06. The molecule has 1 atom stereocenters. The molecule has 0 aliphatic carbocycles. The molecule has 1 heterocycles. The third kappa shape index (κ3) is 2.45. The molecule has 1 aromatic carbocycles. The Morgan fingerprint density at radius 3 is 2.94 bits per heavy atom. The molecule has 0 aromatic heterocycles. The third-order valence-electron chi connectivity index (χ3n) is 3.07. The lowest BCUT2D eigenvalue weighted by atomic mass is 10.1. The Labute approximate surface area is 106 Å². The number of nitrogens with zero attached hydrogens (tertiary/aromatic N) is 1. The molecule has 1 saturated heterocycles. The second-order valence-electron chi connectivity index (χ2n) is 4.27. The molecule has 5 nitrogen and oxygen atoms in total. The van der Waals surface area contributed by atoms with Gasteiger partial charge in [-0.25, -0.2) is 0 Å². The number of piperazine rings is 1. The molecule has 2 amide bonds. The van der Waals surface area contributed by atoms with Crippen molar-refractivity contribution in [3.8, 4) is 5.75 Å². The van der Waals surface area contributed by atoms with Crippen molar-refractivity contribution in [3.63, 3.8) is 0 Å². The lowest BCUT2D eigenvalue weighted by Crippen LogP contribution is -2.56. The number of amides is 2. The Morgan fingerprint density at radius 2 is 2.22 bits per heavy atom. The molecular formula is C13H16N2O3. The Hall–Kier alpha value is -2.04. The van der Waals surface area contributed by atoms with Gasteiger partial charge in [-0.2, -0.15) is 0 Å². The number of methoxy groups -OCH3 is 1. The van der Waals surface area contributed by atoms with Crippen LogP contribution in [-0.2, 0) is 16.1 Å². The number of carbonyl (C=O) groups is 2. The van der Waals surface area contributed by atoms with Gasteiger partial charge in [0.05, 0.1) is 13.7 Å². The van der Waals surface area contributed by atoms with Crippen LogP contribution in [0.1, 0.15) is 12.5 Å². The highest BCUT2D eigenvalue weighted by Gasteiger charge is 2.30. The van der Waals surface area contributed by atoms with Crippen LogP contribution in [0.3, 0.4) is 0 Å². The Bertz CT molecular complexity index is 473. The number of hydrogen-bond acceptors (Lipinski definition) is 3. The Balaban J connectivity index is 2.15. The largest absolute Gasteiger partial charge is 0.497 e. The molecule has 0 bridgehead atoms. The molecule has 2 rings (SSSR count). The molecule has 0 saturated carbocycles. The maximum Gasteiger partial charge on any atom is 0.242 e. The highest BCUT2D eigenvalue weighted by atomic mass is 16.5. The van der Waals surface area contributed by atoms with Crippen LogP contribution < -0.4 is 10.1 Å². The van der Waals surface area contributed by atoms with E-state index in [1.165, 1.54) is 0 Å². The topological polar surface area (TPSA) is 58.6 Å². The van der Waals surface area contributed by atoms with Crippen molar-refractivity contribution >= 4 is 11.8 Å². The predicted octanol–water partition coefficient (Wildman–Crippen LogP) is 0.542. The van der Waals surface area contributed by atoms with E-state index in [2.05, 4.69) is 5.32 Å². The smallest absolute Gasteiger partial charge is 0.242 e. The number of hydrogen-bond donors (Lipinski definition) is 1. The first-order chi connectivity index (χ1) is 8.61. The third-order valence-corrected chi connectivity index (χ3v) is 3.07. The lowest BCUT2D eigenvalue weighted by molar-refractivity contribution is -0.145. The van der Waals surface area contributed by atoms with Gasteiger partial charge in [-0.05, 0) is 24.6 Å². The fourth-order valence-electron chi connectivity index (χ4n) is 1.96. The van der Waals surface area contributed by atoms with Gasteiger partial charge < -0.3 is 15.0 Å².